The molecule has 0 aromatic heterocycles. The number of hydrogen-bond acceptors (Lipinski definition) is 14. The van der Waals surface area contributed by atoms with Gasteiger partial charge in [0, 0.05) is 57.8 Å². The highest BCUT2D eigenvalue weighted by molar-refractivity contribution is 5.91. The number of ketones is 1. The van der Waals surface area contributed by atoms with Gasteiger partial charge in [0.05, 0.1) is 16.9 Å². The van der Waals surface area contributed by atoms with Crippen LogP contribution in [-0.4, -0.2) is 88.9 Å². The Balaban J connectivity index is 1.79. The summed E-state index contributed by atoms with van der Waals surface area (Å²) >= 11 is 0. The molecular weight excluding hydrogens is 668 g/mol. The Morgan fingerprint density at radius 1 is 0.784 bits per heavy atom. The van der Waals surface area contributed by atoms with Crippen molar-refractivity contribution in [3.05, 3.63) is 35.9 Å². The molecule has 4 fully saturated rings. The van der Waals surface area contributed by atoms with E-state index >= 15 is 0 Å². The molecule has 0 amide bonds. The molecule has 0 spiro atoms. The third-order valence-corrected chi connectivity index (χ3v) is 11.3. The zero-order valence-electron chi connectivity index (χ0n) is 30.1. The molecule has 4 saturated carbocycles. The predicted octanol–water partition coefficient (Wildman–Crippen LogP) is 2.89. The fourth-order valence-electron chi connectivity index (χ4n) is 9.87. The van der Waals surface area contributed by atoms with E-state index in [9.17, 15) is 38.7 Å². The second-order valence-electron chi connectivity index (χ2n) is 15.4. The van der Waals surface area contributed by atoms with Gasteiger partial charge in [0.1, 0.15) is 29.7 Å². The van der Waals surface area contributed by atoms with Crippen molar-refractivity contribution >= 4 is 41.6 Å². The van der Waals surface area contributed by atoms with Crippen molar-refractivity contribution in [2.75, 3.05) is 6.61 Å². The predicted molar refractivity (Wildman–Crippen MR) is 173 cm³/mol. The molecule has 1 aromatic carbocycles. The Morgan fingerprint density at radius 2 is 1.41 bits per heavy atom. The SMILES string of the molecule is CC(=O)OCC(=O)O[C@@H]1[C@H]2[C@@H](OC(=O)c3ccccc3)[C@@H](C)C[C@]2(O)[C@H](OC(C)=O)[C@@]2(C)C[C@]1(OC(C)=O)C[C@H]1C(=O)C(C)(C)[C@@H](OC(C)=O)[C@@H]12. The summed E-state index contributed by atoms with van der Waals surface area (Å²) < 4.78 is 35.3. The Hall–Kier alpha value is -4.33. The van der Waals surface area contributed by atoms with Gasteiger partial charge in [-0.3, -0.25) is 24.0 Å². The maximum Gasteiger partial charge on any atom is 0.344 e. The summed E-state index contributed by atoms with van der Waals surface area (Å²) in [6, 6.07) is 8.08. The van der Waals surface area contributed by atoms with Gasteiger partial charge >= 0.3 is 35.8 Å². The van der Waals surface area contributed by atoms with Gasteiger partial charge in [-0.1, -0.05) is 32.0 Å². The molecule has 278 valence electrons. The molecule has 11 atom stereocenters. The van der Waals surface area contributed by atoms with Gasteiger partial charge in [-0.05, 0) is 38.3 Å². The second kappa shape index (κ2) is 13.3. The van der Waals surface area contributed by atoms with Gasteiger partial charge < -0.3 is 33.5 Å². The third kappa shape index (κ3) is 6.51. The summed E-state index contributed by atoms with van der Waals surface area (Å²) in [7, 11) is 0. The fourth-order valence-corrected chi connectivity index (χ4v) is 9.87. The number of carbonyl (C=O) groups is 7. The molecule has 4 aliphatic carbocycles. The van der Waals surface area contributed by atoms with Crippen molar-refractivity contribution in [1.29, 1.82) is 0 Å². The standard InChI is InChI=1S/C37H46O14/c1-18-14-37(45)27(28(18)50-32(44)23-12-10-9-11-13-23)31(49-25(42)16-46-19(2)38)36(51-22(5)41)15-24-26(35(8,17-36)33(37)48-21(4)40)30(47-20(3)39)34(6,7)29(24)43/h9-13,18,24,26-28,30-31,33,45H,14-17H2,1-8H3/t18-,24+,26+,27+,28-,30-,31+,33+,35-,36+,37+/m0/s1. The minimum Gasteiger partial charge on any atom is -0.461 e. The average molecular weight is 715 g/mol. The van der Waals surface area contributed by atoms with Crippen LogP contribution < -0.4 is 0 Å². The van der Waals surface area contributed by atoms with E-state index in [0.29, 0.717) is 0 Å². The topological polar surface area (TPSA) is 195 Å². The summed E-state index contributed by atoms with van der Waals surface area (Å²) in [4.78, 5) is 91.8. The molecule has 0 aliphatic heterocycles. The Kier molecular flexibility index (Phi) is 9.91. The number of ether oxygens (including phenoxy) is 6. The molecule has 2 bridgehead atoms. The van der Waals surface area contributed by atoms with Crippen LogP contribution in [-0.2, 0) is 57.2 Å². The van der Waals surface area contributed by atoms with E-state index in [-0.39, 0.29) is 30.6 Å². The molecule has 0 saturated heterocycles. The lowest BCUT2D eigenvalue weighted by molar-refractivity contribution is -0.225. The lowest BCUT2D eigenvalue weighted by atomic mass is 9.55. The van der Waals surface area contributed by atoms with E-state index in [1.54, 1.807) is 45.9 Å². The Labute approximate surface area is 295 Å². The number of Topliss-reactive ketones (excluding diaryl/α,β-unsaturated/α-hetero) is 1. The van der Waals surface area contributed by atoms with Gasteiger partial charge in [0.15, 0.2) is 18.3 Å². The van der Waals surface area contributed by atoms with Crippen molar-refractivity contribution < 1.29 is 67.1 Å². The fraction of sp³-hybridized carbons (Fsp3) is 0.649. The highest BCUT2D eigenvalue weighted by atomic mass is 16.6. The summed E-state index contributed by atoms with van der Waals surface area (Å²) in [6.07, 6.45) is -6.03. The smallest absolute Gasteiger partial charge is 0.344 e. The van der Waals surface area contributed by atoms with E-state index in [0.717, 1.165) is 20.8 Å². The first-order chi connectivity index (χ1) is 23.7. The summed E-state index contributed by atoms with van der Waals surface area (Å²) in [5.74, 6) is -9.15. The van der Waals surface area contributed by atoms with Crippen molar-refractivity contribution in [3.63, 3.8) is 0 Å². The molecule has 14 heteroatoms. The maximum absolute atomic E-state index is 14.4. The van der Waals surface area contributed by atoms with Crippen LogP contribution in [0, 0.1) is 34.5 Å². The molecule has 5 rings (SSSR count). The zero-order valence-corrected chi connectivity index (χ0v) is 30.1. The number of esters is 6. The number of benzene rings is 1. The first-order valence-corrected chi connectivity index (χ1v) is 17.1. The van der Waals surface area contributed by atoms with Crippen LogP contribution in [0.1, 0.15) is 85.0 Å². The highest BCUT2D eigenvalue weighted by Crippen LogP contribution is 2.68. The van der Waals surface area contributed by atoms with Crippen LogP contribution in [0.4, 0.5) is 0 Å². The van der Waals surface area contributed by atoms with Crippen LogP contribution in [0.15, 0.2) is 30.3 Å². The Bertz CT molecular complexity index is 1620. The summed E-state index contributed by atoms with van der Waals surface area (Å²) in [5.41, 5.74) is -6.61. The summed E-state index contributed by atoms with van der Waals surface area (Å²) in [6.45, 7) is 10.4. The van der Waals surface area contributed by atoms with Gasteiger partial charge in [-0.15, -0.1) is 0 Å². The van der Waals surface area contributed by atoms with E-state index in [1.807, 2.05) is 0 Å². The first kappa shape index (κ1) is 37.9. The number of aliphatic hydroxyl groups is 1. The monoisotopic (exact) mass is 714 g/mol. The molecule has 0 heterocycles. The minimum absolute atomic E-state index is 0.154. The van der Waals surface area contributed by atoms with Crippen LogP contribution in [0.5, 0.6) is 0 Å². The summed E-state index contributed by atoms with van der Waals surface area (Å²) in [5, 5.41) is 13.2. The van der Waals surface area contributed by atoms with Crippen LogP contribution >= 0.6 is 0 Å². The van der Waals surface area contributed by atoms with Crippen molar-refractivity contribution in [1.82, 2.24) is 0 Å². The average Bonchev–Trinajstić information content (AvgIpc) is 3.36. The van der Waals surface area contributed by atoms with Crippen molar-refractivity contribution in [2.45, 2.75) is 110 Å². The largest absolute Gasteiger partial charge is 0.461 e. The molecule has 1 aromatic rings. The lowest BCUT2D eigenvalue weighted by Crippen LogP contribution is -2.62. The molecule has 14 nitrogen and oxygen atoms in total. The van der Waals surface area contributed by atoms with Crippen LogP contribution in [0.25, 0.3) is 0 Å². The molecule has 4 aliphatic rings. The number of hydrogen-bond donors (Lipinski definition) is 1. The van der Waals surface area contributed by atoms with Gasteiger partial charge in [-0.25, -0.2) is 9.59 Å². The second-order valence-corrected chi connectivity index (χ2v) is 15.4. The van der Waals surface area contributed by atoms with E-state index < -0.39 is 113 Å². The number of rotatable bonds is 8. The third-order valence-electron chi connectivity index (χ3n) is 11.3. The van der Waals surface area contributed by atoms with Crippen LogP contribution in [0.3, 0.4) is 0 Å². The molecule has 1 N–H and O–H groups in total. The van der Waals surface area contributed by atoms with Crippen molar-refractivity contribution in [3.8, 4) is 0 Å². The Morgan fingerprint density at radius 3 is 1.98 bits per heavy atom. The molecule has 51 heavy (non-hydrogen) atoms. The minimum atomic E-state index is -2.15. The lowest BCUT2D eigenvalue weighted by Gasteiger charge is -2.54. The zero-order chi connectivity index (χ0) is 37.8. The van der Waals surface area contributed by atoms with E-state index in [1.165, 1.54) is 19.1 Å². The molecular formula is C37H46O14. The van der Waals surface area contributed by atoms with Gasteiger partial charge in [0.2, 0.25) is 0 Å². The van der Waals surface area contributed by atoms with Crippen molar-refractivity contribution in [2.24, 2.45) is 34.5 Å². The highest BCUT2D eigenvalue weighted by Gasteiger charge is 2.79. The van der Waals surface area contributed by atoms with E-state index in [4.69, 9.17) is 28.4 Å². The van der Waals surface area contributed by atoms with E-state index in [2.05, 4.69) is 0 Å². The quantitative estimate of drug-likeness (QED) is 0.305. The molecule has 0 unspecified atom stereocenters. The number of carbonyl (C=O) groups excluding carboxylic acids is 7. The maximum atomic E-state index is 14.4. The normalized spacial score (nSPS) is 37.5. The van der Waals surface area contributed by atoms with Gasteiger partial charge in [0.25, 0.3) is 0 Å². The first-order valence-electron chi connectivity index (χ1n) is 17.1. The van der Waals surface area contributed by atoms with Crippen LogP contribution in [0.2, 0.25) is 0 Å². The molecule has 0 radical (unpaired) electrons. The van der Waals surface area contributed by atoms with Gasteiger partial charge in [-0.2, -0.15) is 0 Å². The number of fused-ring (bicyclic) bond motifs is 5.